The van der Waals surface area contributed by atoms with Crippen LogP contribution in [0.2, 0.25) is 0 Å². The van der Waals surface area contributed by atoms with E-state index in [1.54, 1.807) is 6.07 Å². The lowest BCUT2D eigenvalue weighted by Gasteiger charge is -2.30. The molecule has 0 aromatic carbocycles. The molecule has 1 amide bonds. The molecule has 1 aliphatic rings. The number of anilines is 1. The number of hydrogen-bond donors (Lipinski definition) is 2. The first-order chi connectivity index (χ1) is 11.1. The van der Waals surface area contributed by atoms with Crippen LogP contribution in [-0.2, 0) is 6.54 Å². The minimum absolute atomic E-state index is 0.0918. The van der Waals surface area contributed by atoms with E-state index in [0.29, 0.717) is 5.13 Å². The second-order valence-corrected chi connectivity index (χ2v) is 6.85. The lowest BCUT2D eigenvalue weighted by Crippen LogP contribution is -2.33. The first-order valence-electron chi connectivity index (χ1n) is 7.77. The molecule has 1 saturated heterocycles. The van der Waals surface area contributed by atoms with Crippen LogP contribution in [0.3, 0.4) is 0 Å². The van der Waals surface area contributed by atoms with Crippen LogP contribution in [0.25, 0.3) is 0 Å². The predicted molar refractivity (Wildman–Crippen MR) is 90.8 cm³/mol. The monoisotopic (exact) mass is 332 g/mol. The highest BCUT2D eigenvalue weighted by Crippen LogP contribution is 2.21. The fraction of sp³-hybridized carbons (Fsp3) is 0.438. The molecule has 1 atom stereocenters. The van der Waals surface area contributed by atoms with Crippen molar-refractivity contribution < 1.29 is 4.79 Å². The Balaban J connectivity index is 1.62. The minimum Gasteiger partial charge on any atom is -0.328 e. The highest BCUT2D eigenvalue weighted by atomic mass is 32.1. The van der Waals surface area contributed by atoms with E-state index in [0.717, 1.165) is 31.2 Å². The zero-order chi connectivity index (χ0) is 16.2. The Morgan fingerprint density at radius 1 is 1.57 bits per heavy atom. The summed E-state index contributed by atoms with van der Waals surface area (Å²) in [6.07, 6.45) is 4.02. The second kappa shape index (κ2) is 7.06. The largest absolute Gasteiger partial charge is 0.328 e. The molecule has 2 aromatic rings. The molecule has 2 aromatic heterocycles. The molecule has 0 saturated carbocycles. The van der Waals surface area contributed by atoms with Crippen LogP contribution >= 0.6 is 11.3 Å². The molecule has 0 radical (unpaired) electrons. The van der Waals surface area contributed by atoms with Gasteiger partial charge in [0.05, 0.1) is 5.69 Å². The van der Waals surface area contributed by atoms with Crippen molar-refractivity contribution in [1.82, 2.24) is 14.9 Å². The summed E-state index contributed by atoms with van der Waals surface area (Å²) in [6.45, 7) is 5.28. The fourth-order valence-corrected chi connectivity index (χ4v) is 3.56. The number of aromatic nitrogens is 2. The summed E-state index contributed by atoms with van der Waals surface area (Å²) in [7, 11) is 0. The van der Waals surface area contributed by atoms with Gasteiger partial charge < -0.3 is 4.98 Å². The molecule has 23 heavy (non-hydrogen) atoms. The molecular formula is C16H20N4O2S. The number of pyridine rings is 1. The maximum Gasteiger partial charge on any atom is 0.263 e. The smallest absolute Gasteiger partial charge is 0.263 e. The highest BCUT2D eigenvalue weighted by Gasteiger charge is 2.18. The second-order valence-electron chi connectivity index (χ2n) is 5.99. The molecule has 2 N–H and O–H groups in total. The molecule has 122 valence electrons. The third-order valence-corrected chi connectivity index (χ3v) is 4.77. The molecular weight excluding hydrogens is 312 g/mol. The summed E-state index contributed by atoms with van der Waals surface area (Å²) < 4.78 is 0. The Bertz CT molecular complexity index is 739. The van der Waals surface area contributed by atoms with Gasteiger partial charge in [0.1, 0.15) is 5.56 Å². The molecule has 1 aliphatic heterocycles. The molecule has 1 fully saturated rings. The molecule has 1 unspecified atom stereocenters. The van der Waals surface area contributed by atoms with E-state index in [2.05, 4.69) is 27.1 Å². The van der Waals surface area contributed by atoms with Gasteiger partial charge in [0, 0.05) is 24.7 Å². The van der Waals surface area contributed by atoms with Gasteiger partial charge in [0.2, 0.25) is 0 Å². The summed E-state index contributed by atoms with van der Waals surface area (Å²) in [5, 5.41) is 5.18. The van der Waals surface area contributed by atoms with E-state index in [4.69, 9.17) is 0 Å². The van der Waals surface area contributed by atoms with E-state index in [-0.39, 0.29) is 5.56 Å². The zero-order valence-corrected chi connectivity index (χ0v) is 13.9. The van der Waals surface area contributed by atoms with Gasteiger partial charge in [0.25, 0.3) is 11.5 Å². The lowest BCUT2D eigenvalue weighted by molar-refractivity contribution is 0.102. The molecule has 7 heteroatoms. The van der Waals surface area contributed by atoms with Gasteiger partial charge in [-0.1, -0.05) is 6.92 Å². The lowest BCUT2D eigenvalue weighted by atomic mass is 10.0. The van der Waals surface area contributed by atoms with E-state index < -0.39 is 11.5 Å². The van der Waals surface area contributed by atoms with Crippen molar-refractivity contribution in [3.8, 4) is 0 Å². The Morgan fingerprint density at radius 3 is 3.22 bits per heavy atom. The average Bonchev–Trinajstić information content (AvgIpc) is 2.94. The number of carbonyl (C=O) groups is 1. The van der Waals surface area contributed by atoms with Crippen molar-refractivity contribution in [3.05, 3.63) is 45.3 Å². The maximum atomic E-state index is 12.1. The number of likely N-dealkylation sites (tertiary alicyclic amines) is 1. The van der Waals surface area contributed by atoms with E-state index in [1.807, 2.05) is 5.38 Å². The topological polar surface area (TPSA) is 78.1 Å². The van der Waals surface area contributed by atoms with E-state index in [1.165, 1.54) is 36.4 Å². The van der Waals surface area contributed by atoms with Crippen LogP contribution in [0.5, 0.6) is 0 Å². The van der Waals surface area contributed by atoms with Crippen molar-refractivity contribution in [3.63, 3.8) is 0 Å². The summed E-state index contributed by atoms with van der Waals surface area (Å²) in [5.74, 6) is 0.297. The first kappa shape index (κ1) is 15.9. The van der Waals surface area contributed by atoms with Gasteiger partial charge in [-0.05, 0) is 37.4 Å². The number of nitrogens with one attached hydrogen (secondary N) is 2. The number of thiazole rings is 1. The van der Waals surface area contributed by atoms with Crippen molar-refractivity contribution in [1.29, 1.82) is 0 Å². The molecule has 0 bridgehead atoms. The van der Waals surface area contributed by atoms with Crippen molar-refractivity contribution in [2.24, 2.45) is 5.92 Å². The van der Waals surface area contributed by atoms with Crippen molar-refractivity contribution >= 4 is 22.4 Å². The maximum absolute atomic E-state index is 12.1. The average molecular weight is 332 g/mol. The third-order valence-electron chi connectivity index (χ3n) is 3.96. The van der Waals surface area contributed by atoms with Gasteiger partial charge in [0.15, 0.2) is 5.13 Å². The normalized spacial score (nSPS) is 18.7. The fourth-order valence-electron chi connectivity index (χ4n) is 2.86. The number of carbonyl (C=O) groups excluding carboxylic acids is 1. The van der Waals surface area contributed by atoms with Gasteiger partial charge in [-0.3, -0.25) is 19.8 Å². The summed E-state index contributed by atoms with van der Waals surface area (Å²) in [6, 6.07) is 3.12. The van der Waals surface area contributed by atoms with Gasteiger partial charge in [-0.25, -0.2) is 4.98 Å². The van der Waals surface area contributed by atoms with E-state index in [9.17, 15) is 9.59 Å². The zero-order valence-electron chi connectivity index (χ0n) is 13.0. The minimum atomic E-state index is -0.431. The van der Waals surface area contributed by atoms with Crippen LogP contribution in [0.15, 0.2) is 28.5 Å². The van der Waals surface area contributed by atoms with Crippen molar-refractivity contribution in [2.75, 3.05) is 18.4 Å². The van der Waals surface area contributed by atoms with Crippen LogP contribution in [0.1, 0.15) is 35.8 Å². The van der Waals surface area contributed by atoms with Crippen LogP contribution < -0.4 is 10.9 Å². The Kier molecular flexibility index (Phi) is 4.88. The number of H-pyrrole nitrogens is 1. The van der Waals surface area contributed by atoms with Gasteiger partial charge >= 0.3 is 0 Å². The number of piperidine rings is 1. The summed E-state index contributed by atoms with van der Waals surface area (Å²) in [4.78, 5) is 33.1. The first-order valence-corrected chi connectivity index (χ1v) is 8.65. The number of nitrogens with zero attached hydrogens (tertiary/aromatic N) is 2. The SMILES string of the molecule is CC1CCCN(Cc2csc(NC(=O)c3ccc[nH]c3=O)n2)C1. The number of aromatic amines is 1. The molecule has 0 aliphatic carbocycles. The Labute approximate surface area is 138 Å². The number of hydrogen-bond acceptors (Lipinski definition) is 5. The quantitative estimate of drug-likeness (QED) is 0.901. The third kappa shape index (κ3) is 4.05. The molecule has 3 heterocycles. The Morgan fingerprint density at radius 2 is 2.43 bits per heavy atom. The molecule has 3 rings (SSSR count). The molecule has 6 nitrogen and oxygen atoms in total. The predicted octanol–water partition coefficient (Wildman–Crippen LogP) is 2.32. The highest BCUT2D eigenvalue weighted by molar-refractivity contribution is 7.13. The molecule has 0 spiro atoms. The number of rotatable bonds is 4. The standard InChI is InChI=1S/C16H20N4O2S/c1-11-4-3-7-20(8-11)9-12-10-23-16(18-12)19-15(22)13-5-2-6-17-14(13)21/h2,5-6,10-11H,3-4,7-9H2,1H3,(H,17,21)(H,18,19,22). The summed E-state index contributed by atoms with van der Waals surface area (Å²) in [5.41, 5.74) is 0.652. The van der Waals surface area contributed by atoms with Crippen LogP contribution in [0.4, 0.5) is 5.13 Å². The summed E-state index contributed by atoms with van der Waals surface area (Å²) >= 11 is 1.39. The van der Waals surface area contributed by atoms with Crippen molar-refractivity contribution in [2.45, 2.75) is 26.3 Å². The van der Waals surface area contributed by atoms with Gasteiger partial charge in [-0.15, -0.1) is 11.3 Å². The number of amides is 1. The van der Waals surface area contributed by atoms with Crippen LogP contribution in [0, 0.1) is 5.92 Å². The van der Waals surface area contributed by atoms with Gasteiger partial charge in [-0.2, -0.15) is 0 Å². The van der Waals surface area contributed by atoms with Crippen LogP contribution in [-0.4, -0.2) is 33.9 Å². The Hall–Kier alpha value is -1.99. The van der Waals surface area contributed by atoms with E-state index >= 15 is 0 Å².